The molecule has 134 valence electrons. The van der Waals surface area contributed by atoms with Gasteiger partial charge in [0.1, 0.15) is 10.7 Å². The first kappa shape index (κ1) is 18.4. The standard InChI is InChI=1S/C16H12Cl3N5O2/c17-10-3-2-9(8-11(10)18)24-14(25)12(19)13(15(24)26)20-6-7-23-16-21-4-1-5-22-16/h1-5,8,20H,6-7H2,(H,21,22,23). The molecule has 7 nitrogen and oxygen atoms in total. The number of aromatic nitrogens is 2. The second kappa shape index (κ2) is 7.90. The third-order valence-corrected chi connectivity index (χ3v) is 4.55. The number of imide groups is 1. The minimum atomic E-state index is -0.628. The van der Waals surface area contributed by atoms with Crippen LogP contribution in [0.15, 0.2) is 47.4 Å². The molecule has 26 heavy (non-hydrogen) atoms. The lowest BCUT2D eigenvalue weighted by Gasteiger charge is -2.15. The summed E-state index contributed by atoms with van der Waals surface area (Å²) in [6, 6.07) is 6.16. The number of benzene rings is 1. The number of anilines is 2. The summed E-state index contributed by atoms with van der Waals surface area (Å²) in [6.45, 7) is 0.754. The smallest absolute Gasteiger partial charge is 0.283 e. The molecular formula is C16H12Cl3N5O2. The first-order chi connectivity index (χ1) is 12.5. The van der Waals surface area contributed by atoms with Crippen molar-refractivity contribution >= 4 is 58.3 Å². The molecule has 0 saturated heterocycles. The van der Waals surface area contributed by atoms with Crippen LogP contribution >= 0.6 is 34.8 Å². The van der Waals surface area contributed by atoms with Gasteiger partial charge in [-0.25, -0.2) is 14.9 Å². The van der Waals surface area contributed by atoms with Gasteiger partial charge < -0.3 is 10.6 Å². The Balaban J connectivity index is 1.65. The normalized spacial score (nSPS) is 14.2. The lowest BCUT2D eigenvalue weighted by molar-refractivity contribution is -0.120. The second-order valence-corrected chi connectivity index (χ2v) is 6.35. The summed E-state index contributed by atoms with van der Waals surface area (Å²) in [5.74, 6) is -0.730. The number of rotatable bonds is 6. The number of hydrogen-bond acceptors (Lipinski definition) is 6. The van der Waals surface area contributed by atoms with E-state index >= 15 is 0 Å². The zero-order valence-electron chi connectivity index (χ0n) is 13.2. The summed E-state index contributed by atoms with van der Waals surface area (Å²) in [5, 5.41) is 6.21. The van der Waals surface area contributed by atoms with Crippen LogP contribution in [-0.4, -0.2) is 34.9 Å². The van der Waals surface area contributed by atoms with Gasteiger partial charge in [-0.1, -0.05) is 34.8 Å². The van der Waals surface area contributed by atoms with Crippen LogP contribution in [0.2, 0.25) is 10.0 Å². The van der Waals surface area contributed by atoms with E-state index in [1.807, 2.05) is 0 Å². The quantitative estimate of drug-likeness (QED) is 0.560. The van der Waals surface area contributed by atoms with E-state index in [4.69, 9.17) is 34.8 Å². The molecule has 1 aliphatic heterocycles. The summed E-state index contributed by atoms with van der Waals surface area (Å²) in [6.07, 6.45) is 3.22. The average Bonchev–Trinajstić information content (AvgIpc) is 2.85. The van der Waals surface area contributed by atoms with Crippen LogP contribution < -0.4 is 15.5 Å². The third kappa shape index (κ3) is 3.75. The van der Waals surface area contributed by atoms with Crippen LogP contribution in [0, 0.1) is 0 Å². The minimum absolute atomic E-state index is 0.0264. The Morgan fingerprint density at radius 1 is 0.923 bits per heavy atom. The summed E-state index contributed by atoms with van der Waals surface area (Å²) in [4.78, 5) is 33.9. The molecule has 1 aromatic heterocycles. The van der Waals surface area contributed by atoms with Crippen LogP contribution in [0.4, 0.5) is 11.6 Å². The molecule has 1 aromatic carbocycles. The van der Waals surface area contributed by atoms with E-state index in [1.54, 1.807) is 18.5 Å². The van der Waals surface area contributed by atoms with E-state index in [2.05, 4.69) is 20.6 Å². The van der Waals surface area contributed by atoms with Crippen LogP contribution in [0.3, 0.4) is 0 Å². The molecule has 3 rings (SSSR count). The van der Waals surface area contributed by atoms with Gasteiger partial charge in [0, 0.05) is 25.5 Å². The van der Waals surface area contributed by atoms with Crippen LogP contribution in [-0.2, 0) is 9.59 Å². The van der Waals surface area contributed by atoms with E-state index in [0.717, 1.165) is 4.90 Å². The number of halogens is 3. The zero-order valence-corrected chi connectivity index (χ0v) is 15.4. The van der Waals surface area contributed by atoms with Crippen molar-refractivity contribution in [3.63, 3.8) is 0 Å². The Morgan fingerprint density at radius 2 is 1.62 bits per heavy atom. The lowest BCUT2D eigenvalue weighted by atomic mass is 10.3. The first-order valence-corrected chi connectivity index (χ1v) is 8.61. The number of carbonyl (C=O) groups is 2. The number of carbonyl (C=O) groups excluding carboxylic acids is 2. The maximum absolute atomic E-state index is 12.6. The van der Waals surface area contributed by atoms with Gasteiger partial charge >= 0.3 is 0 Å². The van der Waals surface area contributed by atoms with Crippen molar-refractivity contribution in [2.75, 3.05) is 23.3 Å². The van der Waals surface area contributed by atoms with E-state index < -0.39 is 11.8 Å². The highest BCUT2D eigenvalue weighted by atomic mass is 35.5. The predicted molar refractivity (Wildman–Crippen MR) is 100 cm³/mol. The van der Waals surface area contributed by atoms with Crippen molar-refractivity contribution < 1.29 is 9.59 Å². The molecule has 0 spiro atoms. The highest BCUT2D eigenvalue weighted by Gasteiger charge is 2.38. The highest BCUT2D eigenvalue weighted by molar-refractivity contribution is 6.52. The minimum Gasteiger partial charge on any atom is -0.377 e. The van der Waals surface area contributed by atoms with Crippen molar-refractivity contribution in [1.82, 2.24) is 15.3 Å². The molecule has 2 N–H and O–H groups in total. The summed E-state index contributed by atoms with van der Waals surface area (Å²) >= 11 is 17.9. The van der Waals surface area contributed by atoms with Crippen molar-refractivity contribution in [3.8, 4) is 0 Å². The van der Waals surface area contributed by atoms with Gasteiger partial charge in [-0.05, 0) is 24.3 Å². The Bertz CT molecular complexity index is 889. The van der Waals surface area contributed by atoms with Gasteiger partial charge in [-0.3, -0.25) is 9.59 Å². The maximum atomic E-state index is 12.6. The topological polar surface area (TPSA) is 87.2 Å². The molecule has 0 radical (unpaired) electrons. The van der Waals surface area contributed by atoms with E-state index in [-0.39, 0.29) is 15.8 Å². The maximum Gasteiger partial charge on any atom is 0.283 e. The Morgan fingerprint density at radius 3 is 2.31 bits per heavy atom. The van der Waals surface area contributed by atoms with Gasteiger partial charge in [0.05, 0.1) is 15.7 Å². The fraction of sp³-hybridized carbons (Fsp3) is 0.125. The highest BCUT2D eigenvalue weighted by Crippen LogP contribution is 2.32. The molecule has 0 atom stereocenters. The van der Waals surface area contributed by atoms with E-state index in [1.165, 1.54) is 18.2 Å². The summed E-state index contributed by atoms with van der Waals surface area (Å²) < 4.78 is 0. The number of nitrogens with one attached hydrogen (secondary N) is 2. The number of hydrogen-bond donors (Lipinski definition) is 2. The van der Waals surface area contributed by atoms with Crippen LogP contribution in [0.1, 0.15) is 0 Å². The zero-order chi connectivity index (χ0) is 18.7. The molecule has 0 bridgehead atoms. The molecule has 0 saturated carbocycles. The number of amides is 2. The largest absolute Gasteiger partial charge is 0.377 e. The average molecular weight is 413 g/mol. The number of nitrogens with zero attached hydrogens (tertiary/aromatic N) is 3. The molecular weight excluding hydrogens is 401 g/mol. The van der Waals surface area contributed by atoms with Crippen LogP contribution in [0.5, 0.6) is 0 Å². The van der Waals surface area contributed by atoms with E-state index in [0.29, 0.717) is 29.7 Å². The van der Waals surface area contributed by atoms with Gasteiger partial charge in [0.15, 0.2) is 0 Å². The molecule has 0 fully saturated rings. The Hall–Kier alpha value is -2.35. The lowest BCUT2D eigenvalue weighted by Crippen LogP contribution is -2.34. The van der Waals surface area contributed by atoms with Crippen LogP contribution in [0.25, 0.3) is 0 Å². The van der Waals surface area contributed by atoms with Gasteiger partial charge in [-0.15, -0.1) is 0 Å². The molecule has 0 unspecified atom stereocenters. The summed E-state index contributed by atoms with van der Waals surface area (Å²) in [5.41, 5.74) is 0.318. The molecule has 2 aromatic rings. The Labute approximate surface area is 164 Å². The van der Waals surface area contributed by atoms with Gasteiger partial charge in [0.25, 0.3) is 11.8 Å². The monoisotopic (exact) mass is 411 g/mol. The molecule has 1 aliphatic rings. The van der Waals surface area contributed by atoms with Crippen molar-refractivity contribution in [2.24, 2.45) is 0 Å². The SMILES string of the molecule is O=C1C(Cl)=C(NCCNc2ncccn2)C(=O)N1c1ccc(Cl)c(Cl)c1. The molecule has 0 aliphatic carbocycles. The van der Waals surface area contributed by atoms with Crippen molar-refractivity contribution in [3.05, 3.63) is 57.4 Å². The fourth-order valence-corrected chi connectivity index (χ4v) is 2.79. The van der Waals surface area contributed by atoms with Gasteiger partial charge in [-0.2, -0.15) is 0 Å². The Kier molecular flexibility index (Phi) is 5.61. The fourth-order valence-electron chi connectivity index (χ4n) is 2.27. The van der Waals surface area contributed by atoms with Crippen molar-refractivity contribution in [2.45, 2.75) is 0 Å². The molecule has 10 heteroatoms. The van der Waals surface area contributed by atoms with Gasteiger partial charge in [0.2, 0.25) is 5.95 Å². The van der Waals surface area contributed by atoms with Crippen molar-refractivity contribution in [1.29, 1.82) is 0 Å². The predicted octanol–water partition coefficient (Wildman–Crippen LogP) is 2.81. The van der Waals surface area contributed by atoms with E-state index in [9.17, 15) is 9.59 Å². The summed E-state index contributed by atoms with van der Waals surface area (Å²) in [7, 11) is 0. The molecule has 2 amide bonds. The second-order valence-electron chi connectivity index (χ2n) is 5.16. The first-order valence-electron chi connectivity index (χ1n) is 7.47. The third-order valence-electron chi connectivity index (χ3n) is 3.46. The molecule has 2 heterocycles.